The quantitative estimate of drug-likeness (QED) is 0.181. The van der Waals surface area contributed by atoms with Crippen LogP contribution in [0.4, 0.5) is 0 Å². The lowest BCUT2D eigenvalue weighted by molar-refractivity contribution is 0.666. The molecule has 0 unspecified atom stereocenters. The van der Waals surface area contributed by atoms with Crippen molar-refractivity contribution >= 4 is 54.5 Å². The molecule has 8 aromatic carbocycles. The second-order valence-electron chi connectivity index (χ2n) is 15.8. The van der Waals surface area contributed by atoms with Crippen molar-refractivity contribution in [1.29, 1.82) is 0 Å². The summed E-state index contributed by atoms with van der Waals surface area (Å²) in [6.07, 6.45) is 0. The molecule has 0 saturated carbocycles. The molecule has 3 heterocycles. The van der Waals surface area contributed by atoms with E-state index in [1.165, 1.54) is 66.0 Å². The smallest absolute Gasteiger partial charge is 0.235 e. The van der Waals surface area contributed by atoms with Gasteiger partial charge in [0.1, 0.15) is 0 Å². The first-order valence-corrected chi connectivity index (χ1v) is 19.7. The van der Waals surface area contributed by atoms with Crippen LogP contribution in [0.5, 0.6) is 0 Å². The molecule has 1 aliphatic rings. The number of hydrogen-bond donors (Lipinski definition) is 0. The molecular weight excluding hydrogens is 693 g/mol. The highest BCUT2D eigenvalue weighted by Crippen LogP contribution is 2.53. The van der Waals surface area contributed by atoms with Crippen LogP contribution in [0, 0.1) is 0 Å². The Labute approximate surface area is 329 Å². The first-order chi connectivity index (χ1) is 28.0. The Morgan fingerprint density at radius 2 is 1.05 bits per heavy atom. The predicted octanol–water partition coefficient (Wildman–Crippen LogP) is 13.5. The van der Waals surface area contributed by atoms with E-state index in [4.69, 9.17) is 9.97 Å². The first-order valence-electron chi connectivity index (χ1n) is 19.7. The maximum Gasteiger partial charge on any atom is 0.235 e. The molecule has 12 rings (SSSR count). The van der Waals surface area contributed by atoms with Crippen molar-refractivity contribution in [3.63, 3.8) is 0 Å². The summed E-state index contributed by atoms with van der Waals surface area (Å²) >= 11 is 0. The van der Waals surface area contributed by atoms with Crippen molar-refractivity contribution in [2.75, 3.05) is 0 Å². The van der Waals surface area contributed by atoms with E-state index in [9.17, 15) is 0 Å². The molecule has 4 heteroatoms. The second kappa shape index (κ2) is 11.8. The van der Waals surface area contributed by atoms with E-state index < -0.39 is 0 Å². The highest BCUT2D eigenvalue weighted by Gasteiger charge is 2.38. The van der Waals surface area contributed by atoms with E-state index in [2.05, 4.69) is 205 Å². The Morgan fingerprint density at radius 3 is 1.82 bits per heavy atom. The van der Waals surface area contributed by atoms with Crippen LogP contribution in [0.2, 0.25) is 0 Å². The minimum atomic E-state index is -0.202. The fourth-order valence-electron chi connectivity index (χ4n) is 9.76. The summed E-state index contributed by atoms with van der Waals surface area (Å²) in [5.74, 6) is 0.656. The minimum Gasteiger partial charge on any atom is -0.309 e. The van der Waals surface area contributed by atoms with Crippen LogP contribution in [0.3, 0.4) is 0 Å². The summed E-state index contributed by atoms with van der Waals surface area (Å²) in [6.45, 7) is 4.74. The van der Waals surface area contributed by atoms with Crippen LogP contribution < -0.4 is 0 Å². The van der Waals surface area contributed by atoms with Crippen LogP contribution in [0.1, 0.15) is 25.0 Å². The van der Waals surface area contributed by atoms with Gasteiger partial charge >= 0.3 is 0 Å². The van der Waals surface area contributed by atoms with Gasteiger partial charge in [-0.1, -0.05) is 159 Å². The van der Waals surface area contributed by atoms with Gasteiger partial charge in [-0.05, 0) is 69.8 Å². The Bertz CT molecular complexity index is 3370. The lowest BCUT2D eigenvalue weighted by atomic mass is 9.80. The SMILES string of the molecule is CC1(C)c2ccccc2-c2ccc3c(c21)c1ccc(-n2c4ccccc4c4ccccc42)cc1n3-c1nc(-c2ccc(-c3ccccc3)cc2)c2ccccc2n1. The molecule has 0 aliphatic heterocycles. The Hall–Kier alpha value is -7.30. The lowest BCUT2D eigenvalue weighted by Gasteiger charge is -2.22. The van der Waals surface area contributed by atoms with E-state index in [1.54, 1.807) is 0 Å². The zero-order valence-electron chi connectivity index (χ0n) is 31.6. The molecule has 0 amide bonds. The van der Waals surface area contributed by atoms with Crippen molar-refractivity contribution in [3.8, 4) is 45.1 Å². The molecule has 0 atom stereocenters. The van der Waals surface area contributed by atoms with Gasteiger partial charge in [0.25, 0.3) is 0 Å². The van der Waals surface area contributed by atoms with Crippen molar-refractivity contribution in [3.05, 3.63) is 193 Å². The number of nitrogens with zero attached hydrogens (tertiary/aromatic N) is 4. The summed E-state index contributed by atoms with van der Waals surface area (Å²) in [7, 11) is 0. The standard InChI is InChI=1S/C53H36N4/c1-53(2)43-20-10-6-16-37(43)40-30-31-47-49(50(40)53)42-29-28-36(56-45-22-12-8-17-38(45)39-18-9-13-23-46(39)56)32-48(42)57(47)52-54-44-21-11-7-19-41(44)51(55-52)35-26-24-34(25-27-35)33-14-4-3-5-15-33/h3-32H,1-2H3. The van der Waals surface area contributed by atoms with Gasteiger partial charge in [0.15, 0.2) is 0 Å². The zero-order valence-corrected chi connectivity index (χ0v) is 31.6. The highest BCUT2D eigenvalue weighted by atomic mass is 15.2. The normalized spacial score (nSPS) is 13.2. The topological polar surface area (TPSA) is 35.6 Å². The Balaban J connectivity index is 1.17. The van der Waals surface area contributed by atoms with Crippen molar-refractivity contribution in [2.24, 2.45) is 0 Å². The van der Waals surface area contributed by atoms with Gasteiger partial charge in [0.05, 0.1) is 33.3 Å². The van der Waals surface area contributed by atoms with Crippen molar-refractivity contribution in [2.45, 2.75) is 19.3 Å². The van der Waals surface area contributed by atoms with E-state index in [0.717, 1.165) is 38.9 Å². The molecule has 3 aromatic heterocycles. The molecule has 57 heavy (non-hydrogen) atoms. The lowest BCUT2D eigenvalue weighted by Crippen LogP contribution is -2.15. The number of para-hydroxylation sites is 3. The molecule has 0 bridgehead atoms. The summed E-state index contributed by atoms with van der Waals surface area (Å²) in [5.41, 5.74) is 16.0. The van der Waals surface area contributed by atoms with Crippen LogP contribution in [-0.2, 0) is 5.41 Å². The Morgan fingerprint density at radius 1 is 0.421 bits per heavy atom. The summed E-state index contributed by atoms with van der Waals surface area (Å²) in [6, 6.07) is 65.6. The molecule has 0 N–H and O–H groups in total. The van der Waals surface area contributed by atoms with Crippen molar-refractivity contribution < 1.29 is 0 Å². The minimum absolute atomic E-state index is 0.202. The number of benzene rings is 8. The zero-order chi connectivity index (χ0) is 37.8. The average molecular weight is 729 g/mol. The third-order valence-corrected chi connectivity index (χ3v) is 12.3. The van der Waals surface area contributed by atoms with Gasteiger partial charge in [-0.2, -0.15) is 0 Å². The van der Waals surface area contributed by atoms with Gasteiger partial charge in [-0.25, -0.2) is 9.97 Å². The van der Waals surface area contributed by atoms with E-state index in [-0.39, 0.29) is 5.41 Å². The summed E-state index contributed by atoms with van der Waals surface area (Å²) in [4.78, 5) is 10.9. The number of rotatable bonds is 4. The van der Waals surface area contributed by atoms with Gasteiger partial charge in [0, 0.05) is 43.6 Å². The molecule has 11 aromatic rings. The van der Waals surface area contributed by atoms with Crippen molar-refractivity contribution in [1.82, 2.24) is 19.1 Å². The molecule has 4 nitrogen and oxygen atoms in total. The third-order valence-electron chi connectivity index (χ3n) is 12.3. The molecule has 0 radical (unpaired) electrons. The fourth-order valence-corrected chi connectivity index (χ4v) is 9.76. The first kappa shape index (κ1) is 32.0. The molecule has 0 fully saturated rings. The van der Waals surface area contributed by atoms with Gasteiger partial charge in [-0.15, -0.1) is 0 Å². The number of aromatic nitrogens is 4. The van der Waals surface area contributed by atoms with E-state index >= 15 is 0 Å². The number of hydrogen-bond acceptors (Lipinski definition) is 2. The van der Waals surface area contributed by atoms with Gasteiger partial charge in [0.2, 0.25) is 5.95 Å². The van der Waals surface area contributed by atoms with E-state index in [1.807, 2.05) is 0 Å². The van der Waals surface area contributed by atoms with Gasteiger partial charge < -0.3 is 4.57 Å². The van der Waals surface area contributed by atoms with Crippen LogP contribution in [0.15, 0.2) is 182 Å². The van der Waals surface area contributed by atoms with Crippen LogP contribution in [-0.4, -0.2) is 19.1 Å². The number of fused-ring (bicyclic) bond motifs is 11. The summed E-state index contributed by atoms with van der Waals surface area (Å²) in [5, 5.41) is 5.96. The maximum atomic E-state index is 5.52. The largest absolute Gasteiger partial charge is 0.309 e. The Kier molecular flexibility index (Phi) is 6.65. The maximum absolute atomic E-state index is 5.52. The summed E-state index contributed by atoms with van der Waals surface area (Å²) < 4.78 is 4.72. The van der Waals surface area contributed by atoms with Crippen LogP contribution in [0.25, 0.3) is 99.7 Å². The average Bonchev–Trinajstić information content (AvgIpc) is 3.86. The molecule has 0 saturated heterocycles. The molecular formula is C53H36N4. The fraction of sp³-hybridized carbons (Fsp3) is 0.0566. The monoisotopic (exact) mass is 728 g/mol. The molecule has 268 valence electrons. The molecule has 0 spiro atoms. The molecule has 1 aliphatic carbocycles. The van der Waals surface area contributed by atoms with Gasteiger partial charge in [-0.3, -0.25) is 4.57 Å². The second-order valence-corrected chi connectivity index (χ2v) is 15.8. The predicted molar refractivity (Wildman–Crippen MR) is 237 cm³/mol. The van der Waals surface area contributed by atoms with Crippen LogP contribution >= 0.6 is 0 Å². The highest BCUT2D eigenvalue weighted by molar-refractivity contribution is 6.15. The third kappa shape index (κ3) is 4.55. The van der Waals surface area contributed by atoms with E-state index in [0.29, 0.717) is 5.95 Å².